The van der Waals surface area contributed by atoms with Crippen LogP contribution < -0.4 is 16.4 Å². The van der Waals surface area contributed by atoms with Gasteiger partial charge in [0, 0.05) is 13.2 Å². The van der Waals surface area contributed by atoms with E-state index in [9.17, 15) is 4.79 Å². The first-order chi connectivity index (χ1) is 7.54. The number of anilines is 1. The number of nitrogens with zero attached hydrogens (tertiary/aromatic N) is 2. The van der Waals surface area contributed by atoms with Crippen molar-refractivity contribution in [1.82, 2.24) is 10.3 Å². The molecular weight excluding hydrogens is 253 g/mol. The smallest absolute Gasteiger partial charge is 0.318 e. The van der Waals surface area contributed by atoms with Gasteiger partial charge < -0.3 is 11.1 Å². The quantitative estimate of drug-likeness (QED) is 0.528. The average molecular weight is 262 g/mol. The Balaban J connectivity index is 2.87. The number of amides is 2. The predicted octanol–water partition coefficient (Wildman–Crippen LogP) is 1.45. The van der Waals surface area contributed by atoms with Gasteiger partial charge in [-0.2, -0.15) is 0 Å². The third kappa shape index (κ3) is 3.25. The lowest BCUT2D eigenvalue weighted by Gasteiger charge is -2.09. The Morgan fingerprint density at radius 1 is 1.56 bits per heavy atom. The molecule has 0 saturated carbocycles. The molecule has 8 heteroatoms. The zero-order valence-corrected chi connectivity index (χ0v) is 9.80. The molecule has 0 bridgehead atoms. The fourth-order valence-electron chi connectivity index (χ4n) is 0.879. The first-order valence-electron chi connectivity index (χ1n) is 4.15. The molecule has 0 saturated heterocycles. The number of urea groups is 1. The molecule has 1 heterocycles. The topological polar surface area (TPSA) is 92.4 Å². The molecule has 0 spiro atoms. The number of hydrogen-bond acceptors (Lipinski definition) is 3. The number of carbonyl (C=O) groups excluding carboxylic acids is 1. The summed E-state index contributed by atoms with van der Waals surface area (Å²) in [5, 5.41) is 5.51. The molecule has 1 aromatic rings. The molecule has 2 amide bonds. The molecular formula is C8H9Cl2N5O. The van der Waals surface area contributed by atoms with E-state index in [2.05, 4.69) is 20.6 Å². The number of rotatable bonds is 1. The summed E-state index contributed by atoms with van der Waals surface area (Å²) in [6.45, 7) is 0. The summed E-state index contributed by atoms with van der Waals surface area (Å²) in [6, 6.07) is 0.797. The maximum atomic E-state index is 10.6. The molecule has 0 aliphatic carbocycles. The number of pyridine rings is 1. The Hall–Kier alpha value is -1.53. The van der Waals surface area contributed by atoms with E-state index >= 15 is 0 Å². The van der Waals surface area contributed by atoms with E-state index in [1.54, 1.807) is 6.07 Å². The minimum absolute atomic E-state index is 0.129. The van der Waals surface area contributed by atoms with Gasteiger partial charge in [0.25, 0.3) is 0 Å². The molecule has 1 aromatic heterocycles. The second-order valence-electron chi connectivity index (χ2n) is 2.64. The van der Waals surface area contributed by atoms with Gasteiger partial charge in [0.15, 0.2) is 5.82 Å². The van der Waals surface area contributed by atoms with Crippen LogP contribution in [0.3, 0.4) is 0 Å². The van der Waals surface area contributed by atoms with Crippen LogP contribution in [-0.4, -0.2) is 24.0 Å². The maximum Gasteiger partial charge on any atom is 0.318 e. The molecule has 1 rings (SSSR count). The SMILES string of the molecule is CN=C(NC(N)=O)Nc1nccc(Cl)c1Cl. The monoisotopic (exact) mass is 261 g/mol. The van der Waals surface area contributed by atoms with Crippen molar-refractivity contribution in [1.29, 1.82) is 0 Å². The Labute approximate surface area is 102 Å². The van der Waals surface area contributed by atoms with Gasteiger partial charge in [0.05, 0.1) is 5.02 Å². The number of carbonyl (C=O) groups is 1. The van der Waals surface area contributed by atoms with Crippen molar-refractivity contribution in [2.24, 2.45) is 10.7 Å². The molecule has 4 N–H and O–H groups in total. The fraction of sp³-hybridized carbons (Fsp3) is 0.125. The van der Waals surface area contributed by atoms with E-state index in [4.69, 9.17) is 28.9 Å². The molecule has 6 nitrogen and oxygen atoms in total. The van der Waals surface area contributed by atoms with Gasteiger partial charge in [0.2, 0.25) is 5.96 Å². The number of primary amides is 1. The Morgan fingerprint density at radius 2 is 2.25 bits per heavy atom. The summed E-state index contributed by atoms with van der Waals surface area (Å²) in [4.78, 5) is 18.3. The molecule has 0 unspecified atom stereocenters. The van der Waals surface area contributed by atoms with Crippen LogP contribution in [0.1, 0.15) is 0 Å². The van der Waals surface area contributed by atoms with Gasteiger partial charge in [0.1, 0.15) is 5.02 Å². The molecule has 0 radical (unpaired) electrons. The Bertz CT molecular complexity index is 434. The number of hydrogen-bond donors (Lipinski definition) is 3. The van der Waals surface area contributed by atoms with Crippen LogP contribution in [-0.2, 0) is 0 Å². The van der Waals surface area contributed by atoms with Crippen molar-refractivity contribution in [3.05, 3.63) is 22.3 Å². The van der Waals surface area contributed by atoms with Gasteiger partial charge in [-0.15, -0.1) is 0 Å². The summed E-state index contributed by atoms with van der Waals surface area (Å²) in [5.41, 5.74) is 4.94. The van der Waals surface area contributed by atoms with Crippen LogP contribution in [0, 0.1) is 0 Å². The van der Waals surface area contributed by atoms with Crippen LogP contribution in [0.5, 0.6) is 0 Å². The highest BCUT2D eigenvalue weighted by molar-refractivity contribution is 6.43. The number of nitrogens with two attached hydrogens (primary N) is 1. The Kier molecular flexibility index (Phi) is 4.33. The van der Waals surface area contributed by atoms with Gasteiger partial charge in [-0.3, -0.25) is 10.3 Å². The maximum absolute atomic E-state index is 10.6. The van der Waals surface area contributed by atoms with Crippen LogP contribution in [0.4, 0.5) is 10.6 Å². The number of halogens is 2. The minimum Gasteiger partial charge on any atom is -0.351 e. The average Bonchev–Trinajstić information content (AvgIpc) is 2.23. The number of aromatic nitrogens is 1. The van der Waals surface area contributed by atoms with Gasteiger partial charge in [-0.1, -0.05) is 23.2 Å². The van der Waals surface area contributed by atoms with Crippen molar-refractivity contribution < 1.29 is 4.79 Å². The zero-order valence-electron chi connectivity index (χ0n) is 8.29. The van der Waals surface area contributed by atoms with Gasteiger partial charge in [-0.25, -0.2) is 9.78 Å². The fourth-order valence-corrected chi connectivity index (χ4v) is 1.18. The third-order valence-electron chi connectivity index (χ3n) is 1.54. The summed E-state index contributed by atoms with van der Waals surface area (Å²) < 4.78 is 0. The van der Waals surface area contributed by atoms with Crippen molar-refractivity contribution in [3.8, 4) is 0 Å². The standard InChI is InChI=1S/C8H9Cl2N5O/c1-12-8(15-7(11)16)14-6-5(10)4(9)2-3-13-6/h2-3H,1H3,(H4,11,12,13,14,15,16). The largest absolute Gasteiger partial charge is 0.351 e. The van der Waals surface area contributed by atoms with Crippen molar-refractivity contribution in [2.45, 2.75) is 0 Å². The first kappa shape index (κ1) is 12.5. The second-order valence-corrected chi connectivity index (χ2v) is 3.43. The second kappa shape index (κ2) is 5.53. The molecule has 0 aliphatic rings. The van der Waals surface area contributed by atoms with Crippen molar-refractivity contribution >= 4 is 41.0 Å². The highest BCUT2D eigenvalue weighted by Gasteiger charge is 2.08. The van der Waals surface area contributed by atoms with Gasteiger partial charge in [-0.05, 0) is 6.07 Å². The van der Waals surface area contributed by atoms with E-state index in [0.717, 1.165) is 0 Å². The lowest BCUT2D eigenvalue weighted by Crippen LogP contribution is -2.39. The summed E-state index contributed by atoms with van der Waals surface area (Å²) in [5.74, 6) is 0.410. The molecule has 0 fully saturated rings. The molecule has 0 aliphatic heterocycles. The zero-order chi connectivity index (χ0) is 12.1. The summed E-state index contributed by atoms with van der Waals surface area (Å²) in [6.07, 6.45) is 1.47. The Morgan fingerprint density at radius 3 is 2.81 bits per heavy atom. The van der Waals surface area contributed by atoms with E-state index in [-0.39, 0.29) is 16.8 Å². The lowest BCUT2D eigenvalue weighted by molar-refractivity contribution is 0.253. The number of guanidine groups is 1. The first-order valence-corrected chi connectivity index (χ1v) is 4.90. The third-order valence-corrected chi connectivity index (χ3v) is 2.34. The van der Waals surface area contributed by atoms with Gasteiger partial charge >= 0.3 is 6.03 Å². The lowest BCUT2D eigenvalue weighted by atomic mass is 10.4. The van der Waals surface area contributed by atoms with E-state index < -0.39 is 6.03 Å². The van der Waals surface area contributed by atoms with Crippen molar-refractivity contribution in [3.63, 3.8) is 0 Å². The minimum atomic E-state index is -0.744. The molecule has 0 atom stereocenters. The highest BCUT2D eigenvalue weighted by atomic mass is 35.5. The normalized spacial score (nSPS) is 11.1. The van der Waals surface area contributed by atoms with Crippen molar-refractivity contribution in [2.75, 3.05) is 12.4 Å². The van der Waals surface area contributed by atoms with Crippen LogP contribution in [0.25, 0.3) is 0 Å². The summed E-state index contributed by atoms with van der Waals surface area (Å²) >= 11 is 11.7. The predicted molar refractivity (Wildman–Crippen MR) is 64.0 cm³/mol. The van der Waals surface area contributed by atoms with Crippen LogP contribution in [0.15, 0.2) is 17.3 Å². The highest BCUT2D eigenvalue weighted by Crippen LogP contribution is 2.27. The number of nitrogens with one attached hydrogen (secondary N) is 2. The van der Waals surface area contributed by atoms with Crippen LogP contribution >= 0.6 is 23.2 Å². The van der Waals surface area contributed by atoms with E-state index in [0.29, 0.717) is 5.02 Å². The van der Waals surface area contributed by atoms with Crippen LogP contribution in [0.2, 0.25) is 10.0 Å². The number of aliphatic imine (C=N–C) groups is 1. The van der Waals surface area contributed by atoms with E-state index in [1.807, 2.05) is 0 Å². The summed E-state index contributed by atoms with van der Waals surface area (Å²) in [7, 11) is 1.47. The van der Waals surface area contributed by atoms with E-state index in [1.165, 1.54) is 13.2 Å². The molecule has 86 valence electrons. The molecule has 0 aromatic carbocycles. The molecule has 16 heavy (non-hydrogen) atoms.